The molecule has 0 aromatic heterocycles. The Bertz CT molecular complexity index is 155. The minimum atomic E-state index is -1.20. The van der Waals surface area contributed by atoms with Crippen molar-refractivity contribution in [1.29, 1.82) is 0 Å². The molecule has 0 spiro atoms. The van der Waals surface area contributed by atoms with Gasteiger partial charge < -0.3 is 0 Å². The molecule has 0 radical (unpaired) electrons. The normalized spacial score (nSPS) is 14.4. The topological polar surface area (TPSA) is 0 Å². The third kappa shape index (κ3) is 20.2. The van der Waals surface area contributed by atoms with Crippen molar-refractivity contribution in [3.63, 3.8) is 0 Å². The third-order valence-electron chi connectivity index (χ3n) is 0. The van der Waals surface area contributed by atoms with Crippen molar-refractivity contribution < 1.29 is 5.13 Å². The summed E-state index contributed by atoms with van der Waals surface area (Å²) in [6.45, 7) is 0. The summed E-state index contributed by atoms with van der Waals surface area (Å²) in [5, 5.41) is -1.20. The monoisotopic (exact) mass is 426 g/mol. The van der Waals surface area contributed by atoms with Crippen molar-refractivity contribution in [1.82, 2.24) is 0 Å². The van der Waals surface area contributed by atoms with E-state index in [-0.39, 0.29) is 0 Å². The fourth-order valence-corrected chi connectivity index (χ4v) is 0. The molecule has 5 heteroatoms. The van der Waals surface area contributed by atoms with Gasteiger partial charge in [-0.05, 0) is 0 Å². The standard InChI is InChI=1S/Pd.4Se. The van der Waals surface area contributed by atoms with Crippen LogP contribution in [-0.4, -0.2) is 51.8 Å². The maximum absolute atomic E-state index is 2.96. The van der Waals surface area contributed by atoms with E-state index in [9.17, 15) is 0 Å². The predicted octanol–water partition coefficient (Wildman–Crippen LogP) is -1.53. The van der Waals surface area contributed by atoms with E-state index in [1.54, 1.807) is 0 Å². The molecule has 0 aliphatic carbocycles. The molecule has 0 rings (SSSR count). The second-order valence-electron chi connectivity index (χ2n) is 0.316. The van der Waals surface area contributed by atoms with Crippen LogP contribution in [0.15, 0.2) is 0 Å². The molecule has 0 bridgehead atoms. The summed E-state index contributed by atoms with van der Waals surface area (Å²) in [7, 11) is 0. The Morgan fingerprint density at radius 1 is 0.800 bits per heavy atom. The Labute approximate surface area is 55.8 Å². The zero-order chi connectivity index (χ0) is 4.50. The number of hydrogen-bond acceptors (Lipinski definition) is 0. The Morgan fingerprint density at radius 3 is 0.800 bits per heavy atom. The van der Waals surface area contributed by atoms with E-state index in [1.807, 2.05) is 0 Å². The van der Waals surface area contributed by atoms with Crippen molar-refractivity contribution in [2.45, 2.75) is 0 Å². The molecule has 0 fully saturated rings. The molecule has 0 nitrogen and oxygen atoms in total. The summed E-state index contributed by atoms with van der Waals surface area (Å²) in [4.78, 5) is 0. The van der Waals surface area contributed by atoms with Gasteiger partial charge in [-0.25, -0.2) is 0 Å². The summed E-state index contributed by atoms with van der Waals surface area (Å²) in [6, 6.07) is 0. The summed E-state index contributed by atoms with van der Waals surface area (Å²) < 4.78 is 0. The first-order valence-corrected chi connectivity index (χ1v) is 15.9. The zero-order valence-corrected chi connectivity index (χ0v) is 10.4. The predicted molar refractivity (Wildman–Crippen MR) is 23.0 cm³/mol. The Balaban J connectivity index is 6.05. The van der Waals surface area contributed by atoms with E-state index < -0.39 is 5.13 Å². The summed E-state index contributed by atoms with van der Waals surface area (Å²) in [6.07, 6.45) is 0. The second kappa shape index (κ2) is 2.91. The molecule has 5 heavy (non-hydrogen) atoms. The van der Waals surface area contributed by atoms with E-state index in [0.29, 0.717) is 0 Å². The van der Waals surface area contributed by atoms with Gasteiger partial charge in [0.2, 0.25) is 0 Å². The van der Waals surface area contributed by atoms with Crippen LogP contribution in [0.1, 0.15) is 0 Å². The van der Waals surface area contributed by atoms with Crippen LogP contribution in [0, 0.1) is 0 Å². The fourth-order valence-electron chi connectivity index (χ4n) is 0. The summed E-state index contributed by atoms with van der Waals surface area (Å²) >= 11 is 11.8. The summed E-state index contributed by atoms with van der Waals surface area (Å²) in [5.41, 5.74) is 0. The SMILES string of the molecule is [Se]=[Pd](=[Se])(=[Se])=[Se]. The van der Waals surface area contributed by atoms with Crippen LogP contribution < -0.4 is 0 Å². The van der Waals surface area contributed by atoms with Gasteiger partial charge in [-0.1, -0.05) is 0 Å². The van der Waals surface area contributed by atoms with Crippen molar-refractivity contribution in [2.75, 3.05) is 0 Å². The van der Waals surface area contributed by atoms with Gasteiger partial charge in [-0.15, -0.1) is 0 Å². The van der Waals surface area contributed by atoms with Crippen molar-refractivity contribution in [2.24, 2.45) is 0 Å². The van der Waals surface area contributed by atoms with E-state index in [4.69, 9.17) is 0 Å². The molecular weight excluding hydrogens is 422 g/mol. The van der Waals surface area contributed by atoms with Gasteiger partial charge >= 0.3 is 56.9 Å². The Morgan fingerprint density at radius 2 is 0.800 bits per heavy atom. The first-order chi connectivity index (χ1) is 2.00. The van der Waals surface area contributed by atoms with E-state index >= 15 is 0 Å². The fraction of sp³-hybridized carbons (Fsp3) is 0. The van der Waals surface area contributed by atoms with Crippen LogP contribution in [-0.2, 0) is 5.13 Å². The molecule has 0 aromatic rings. The summed E-state index contributed by atoms with van der Waals surface area (Å²) in [5.74, 6) is 0. The van der Waals surface area contributed by atoms with Crippen LogP contribution in [0.4, 0.5) is 0 Å². The number of hydrogen-bond donors (Lipinski definition) is 0. The average Bonchev–Trinajstić information content (AvgIpc) is 0.722. The molecule has 0 aliphatic heterocycles. The molecule has 0 aromatic carbocycles. The van der Waals surface area contributed by atoms with Crippen LogP contribution in [0.25, 0.3) is 0 Å². The number of rotatable bonds is 0. The van der Waals surface area contributed by atoms with Gasteiger partial charge in [-0.2, -0.15) is 0 Å². The first-order valence-electron chi connectivity index (χ1n) is 0.516. The zero-order valence-electron chi connectivity index (χ0n) is 1.95. The minimum absolute atomic E-state index is 1.20. The van der Waals surface area contributed by atoms with Crippen LogP contribution in [0.2, 0.25) is 0 Å². The van der Waals surface area contributed by atoms with Gasteiger partial charge in [0.05, 0.1) is 0 Å². The molecule has 0 saturated carbocycles. The van der Waals surface area contributed by atoms with E-state index in [0.717, 1.165) is 0 Å². The maximum atomic E-state index is 2.96. The molecule has 0 N–H and O–H groups in total. The molecule has 34 valence electrons. The average molecular weight is 422 g/mol. The van der Waals surface area contributed by atoms with Crippen molar-refractivity contribution in [3.8, 4) is 0 Å². The molecule has 0 atom stereocenters. The molecule has 0 amide bonds. The van der Waals surface area contributed by atoms with Gasteiger partial charge in [0, 0.05) is 0 Å². The van der Waals surface area contributed by atoms with Crippen molar-refractivity contribution >= 4 is 51.8 Å². The van der Waals surface area contributed by atoms with Crippen LogP contribution in [0.5, 0.6) is 0 Å². The molecule has 0 heterocycles. The van der Waals surface area contributed by atoms with Gasteiger partial charge in [-0.3, -0.25) is 0 Å². The van der Waals surface area contributed by atoms with Crippen molar-refractivity contribution in [3.05, 3.63) is 0 Å². The quantitative estimate of drug-likeness (QED) is 0.416. The van der Waals surface area contributed by atoms with Gasteiger partial charge in [0.25, 0.3) is 0 Å². The first kappa shape index (κ1) is 7.74. The van der Waals surface area contributed by atoms with Crippen LogP contribution in [0.3, 0.4) is 0 Å². The molecular formula is PdSe4. The Kier molecular flexibility index (Phi) is 4.50. The van der Waals surface area contributed by atoms with Gasteiger partial charge in [0.15, 0.2) is 0 Å². The van der Waals surface area contributed by atoms with Crippen LogP contribution >= 0.6 is 0 Å². The van der Waals surface area contributed by atoms with E-state index in [2.05, 4.69) is 51.8 Å². The molecule has 0 aliphatic rings. The third-order valence-corrected chi connectivity index (χ3v) is 0. The molecule has 0 unspecified atom stereocenters. The Hall–Kier alpha value is 2.74. The molecule has 0 saturated heterocycles. The van der Waals surface area contributed by atoms with Gasteiger partial charge in [0.1, 0.15) is 0 Å². The van der Waals surface area contributed by atoms with E-state index in [1.165, 1.54) is 0 Å². The second-order valence-corrected chi connectivity index (χ2v) is 50.5.